The highest BCUT2D eigenvalue weighted by atomic mass is 16.6. The summed E-state index contributed by atoms with van der Waals surface area (Å²) in [5, 5.41) is 0. The molecule has 0 unspecified atom stereocenters. The highest BCUT2D eigenvalue weighted by molar-refractivity contribution is 5.81. The second kappa shape index (κ2) is 29.0. The maximum atomic E-state index is 13.1. The zero-order chi connectivity index (χ0) is 45.2. The Kier molecular flexibility index (Phi) is 22.9. The van der Waals surface area contributed by atoms with Gasteiger partial charge in [-0.2, -0.15) is 0 Å². The van der Waals surface area contributed by atoms with E-state index in [4.69, 9.17) is 28.4 Å². The van der Waals surface area contributed by atoms with E-state index in [1.54, 1.807) is 0 Å². The molecule has 64 heavy (non-hydrogen) atoms. The van der Waals surface area contributed by atoms with Crippen LogP contribution in [0.1, 0.15) is 177 Å². The molecule has 2 aromatic carbocycles. The van der Waals surface area contributed by atoms with E-state index in [9.17, 15) is 19.2 Å². The summed E-state index contributed by atoms with van der Waals surface area (Å²) in [7, 11) is 0. The summed E-state index contributed by atoms with van der Waals surface area (Å²) >= 11 is 0. The van der Waals surface area contributed by atoms with Gasteiger partial charge < -0.3 is 28.4 Å². The molecule has 3 aliphatic rings. The predicted octanol–water partition coefficient (Wildman–Crippen LogP) is 12.2. The van der Waals surface area contributed by atoms with Crippen LogP contribution in [0.2, 0.25) is 0 Å². The van der Waals surface area contributed by atoms with Gasteiger partial charge in [-0.1, -0.05) is 37.4 Å². The van der Waals surface area contributed by atoms with Crippen molar-refractivity contribution in [2.75, 3.05) is 26.4 Å². The van der Waals surface area contributed by atoms with Crippen LogP contribution in [-0.4, -0.2) is 62.5 Å². The van der Waals surface area contributed by atoms with Crippen LogP contribution in [0.25, 0.3) is 0 Å². The summed E-state index contributed by atoms with van der Waals surface area (Å²) < 4.78 is 33.9. The first-order valence-electron chi connectivity index (χ1n) is 24.7. The Morgan fingerprint density at radius 3 is 1.19 bits per heavy atom. The molecule has 3 fully saturated rings. The standard InChI is InChI=1S/C54H76O10/c1-3-51(55)61-39-13-7-5-11-37-59-47-31-27-45(28-32-47)43-23-17-41(18-24-43)21-35-53(57)63-49-15-9-10-16-50(49)64-54(58)36-22-42-19-25-44(26-20-42)46-29-33-48(34-30-46)60-38-12-6-8-14-40-62-52(56)4-2/h3-4,27-34,41-44,49-50H,1-2,5-26,35-40H2/t41-,42-,43-,44-,49-,50-/m1/s1. The SMILES string of the molecule is C=CC(=O)OCCCCCCOc1ccc([C@H]2CC[C@H](CCC(=O)O[C@@H]3CCCC[C@H]3OC(=O)CC[C@H]3CC[C@H](c4ccc(OCCCCCCOC(=O)C=C)cc4)CC3)CC2)cc1. The summed E-state index contributed by atoms with van der Waals surface area (Å²) in [5.74, 6) is 2.87. The number of ether oxygens (including phenoxy) is 6. The molecule has 0 N–H and O–H groups in total. The monoisotopic (exact) mass is 885 g/mol. The lowest BCUT2D eigenvalue weighted by molar-refractivity contribution is -0.172. The third-order valence-electron chi connectivity index (χ3n) is 13.6. The lowest BCUT2D eigenvalue weighted by atomic mass is 9.77. The van der Waals surface area contributed by atoms with Crippen molar-refractivity contribution in [3.05, 3.63) is 85.0 Å². The van der Waals surface area contributed by atoms with Gasteiger partial charge in [-0.05, 0) is 200 Å². The van der Waals surface area contributed by atoms with Crippen molar-refractivity contribution in [3.8, 4) is 11.5 Å². The number of esters is 4. The zero-order valence-corrected chi connectivity index (χ0v) is 38.5. The van der Waals surface area contributed by atoms with Crippen molar-refractivity contribution in [1.29, 1.82) is 0 Å². The van der Waals surface area contributed by atoms with Gasteiger partial charge in [0.15, 0.2) is 0 Å². The first kappa shape index (κ1) is 50.4. The molecule has 3 aliphatic carbocycles. The Morgan fingerprint density at radius 2 is 0.828 bits per heavy atom. The highest BCUT2D eigenvalue weighted by Gasteiger charge is 2.32. The van der Waals surface area contributed by atoms with Crippen molar-refractivity contribution in [3.63, 3.8) is 0 Å². The summed E-state index contributed by atoms with van der Waals surface area (Å²) in [5.41, 5.74) is 2.72. The van der Waals surface area contributed by atoms with E-state index in [1.165, 1.54) is 23.3 Å². The molecule has 5 rings (SSSR count). The van der Waals surface area contributed by atoms with Crippen LogP contribution in [0.5, 0.6) is 11.5 Å². The second-order valence-corrected chi connectivity index (χ2v) is 18.3. The van der Waals surface area contributed by atoms with Crippen molar-refractivity contribution >= 4 is 23.9 Å². The largest absolute Gasteiger partial charge is 0.494 e. The lowest BCUT2D eigenvalue weighted by Crippen LogP contribution is -2.38. The fourth-order valence-electron chi connectivity index (χ4n) is 9.63. The molecule has 0 spiro atoms. The molecular weight excluding hydrogens is 809 g/mol. The molecule has 0 bridgehead atoms. The number of carbonyl (C=O) groups excluding carboxylic acids is 4. The number of hydrogen-bond acceptors (Lipinski definition) is 10. The van der Waals surface area contributed by atoms with Crippen LogP contribution in [0.15, 0.2) is 73.8 Å². The third-order valence-corrected chi connectivity index (χ3v) is 13.6. The van der Waals surface area contributed by atoms with Crippen LogP contribution in [0, 0.1) is 11.8 Å². The summed E-state index contributed by atoms with van der Waals surface area (Å²) in [6.45, 7) is 9.03. The quantitative estimate of drug-likeness (QED) is 0.0353. The molecule has 2 atom stereocenters. The number of rotatable bonds is 28. The second-order valence-electron chi connectivity index (χ2n) is 18.3. The van der Waals surface area contributed by atoms with Gasteiger partial charge in [-0.3, -0.25) is 9.59 Å². The Labute approximate surface area is 383 Å². The van der Waals surface area contributed by atoms with Gasteiger partial charge in [-0.15, -0.1) is 0 Å². The third kappa shape index (κ3) is 18.9. The molecule has 0 radical (unpaired) electrons. The maximum Gasteiger partial charge on any atom is 0.330 e. The predicted molar refractivity (Wildman–Crippen MR) is 249 cm³/mol. The van der Waals surface area contributed by atoms with E-state index in [-0.39, 0.29) is 36.1 Å². The first-order chi connectivity index (χ1) is 31.3. The van der Waals surface area contributed by atoms with E-state index < -0.39 is 0 Å². The molecule has 10 nitrogen and oxygen atoms in total. The van der Waals surface area contributed by atoms with E-state index in [0.29, 0.717) is 62.9 Å². The van der Waals surface area contributed by atoms with E-state index in [1.807, 2.05) is 0 Å². The Bertz CT molecular complexity index is 1560. The summed E-state index contributed by atoms with van der Waals surface area (Å²) in [4.78, 5) is 48.3. The molecule has 10 heteroatoms. The molecule has 3 saturated carbocycles. The topological polar surface area (TPSA) is 124 Å². The molecule has 0 aliphatic heterocycles. The normalized spacial score (nSPS) is 22.1. The van der Waals surface area contributed by atoms with Gasteiger partial charge in [-0.25, -0.2) is 9.59 Å². The van der Waals surface area contributed by atoms with Gasteiger partial charge >= 0.3 is 23.9 Å². The maximum absolute atomic E-state index is 13.1. The molecule has 352 valence electrons. The average Bonchev–Trinajstić information content (AvgIpc) is 3.33. The van der Waals surface area contributed by atoms with E-state index in [2.05, 4.69) is 61.7 Å². The minimum absolute atomic E-state index is 0.160. The van der Waals surface area contributed by atoms with Gasteiger partial charge in [0.05, 0.1) is 26.4 Å². The molecule has 0 amide bonds. The number of unbranched alkanes of at least 4 members (excludes halogenated alkanes) is 6. The van der Waals surface area contributed by atoms with Crippen LogP contribution < -0.4 is 9.47 Å². The van der Waals surface area contributed by atoms with Crippen molar-refractivity contribution in [2.45, 2.75) is 178 Å². The van der Waals surface area contributed by atoms with Crippen LogP contribution in [0.4, 0.5) is 0 Å². The van der Waals surface area contributed by atoms with Crippen LogP contribution >= 0.6 is 0 Å². The lowest BCUT2D eigenvalue weighted by Gasteiger charge is -2.32. The summed E-state index contributed by atoms with van der Waals surface area (Å²) in [6, 6.07) is 17.1. The van der Waals surface area contributed by atoms with Crippen molar-refractivity contribution in [2.24, 2.45) is 11.8 Å². The summed E-state index contributed by atoms with van der Waals surface area (Å²) in [6.07, 6.45) is 24.3. The van der Waals surface area contributed by atoms with Gasteiger partial charge in [0.25, 0.3) is 0 Å². The van der Waals surface area contributed by atoms with E-state index in [0.717, 1.165) is 153 Å². The first-order valence-corrected chi connectivity index (χ1v) is 24.7. The number of hydrogen-bond donors (Lipinski definition) is 0. The minimum atomic E-state index is -0.366. The smallest absolute Gasteiger partial charge is 0.330 e. The average molecular weight is 885 g/mol. The van der Waals surface area contributed by atoms with E-state index >= 15 is 0 Å². The van der Waals surface area contributed by atoms with Gasteiger partial charge in [0.2, 0.25) is 0 Å². The molecule has 2 aromatic rings. The highest BCUT2D eigenvalue weighted by Crippen LogP contribution is 2.40. The molecule has 0 saturated heterocycles. The molecule has 0 heterocycles. The molecular formula is C54H76O10. The Balaban J connectivity index is 0.891. The Hall–Kier alpha value is -4.60. The van der Waals surface area contributed by atoms with Crippen molar-refractivity contribution in [1.82, 2.24) is 0 Å². The van der Waals surface area contributed by atoms with Crippen molar-refractivity contribution < 1.29 is 47.6 Å². The number of carbonyl (C=O) groups is 4. The zero-order valence-electron chi connectivity index (χ0n) is 38.5. The molecule has 0 aromatic heterocycles. The van der Waals surface area contributed by atoms with Crippen LogP contribution in [-0.2, 0) is 38.1 Å². The minimum Gasteiger partial charge on any atom is -0.494 e. The van der Waals surface area contributed by atoms with Gasteiger partial charge in [0, 0.05) is 25.0 Å². The van der Waals surface area contributed by atoms with Gasteiger partial charge in [0.1, 0.15) is 23.7 Å². The van der Waals surface area contributed by atoms with Crippen LogP contribution in [0.3, 0.4) is 0 Å². The fourth-order valence-corrected chi connectivity index (χ4v) is 9.63. The number of benzene rings is 2. The Morgan fingerprint density at radius 1 is 0.469 bits per heavy atom. The fraction of sp³-hybridized carbons (Fsp3) is 0.630.